The topological polar surface area (TPSA) is 75.0 Å². The Balaban J connectivity index is 1.29. The number of amides is 2. The third kappa shape index (κ3) is 5.61. The Labute approximate surface area is 201 Å². The summed E-state index contributed by atoms with van der Waals surface area (Å²) in [4.78, 5) is 28.9. The van der Waals surface area contributed by atoms with Crippen LogP contribution in [0.15, 0.2) is 65.3 Å². The van der Waals surface area contributed by atoms with Crippen LogP contribution in [0.4, 0.5) is 11.4 Å². The zero-order chi connectivity index (χ0) is 23.4. The Morgan fingerprint density at radius 1 is 1.03 bits per heavy atom. The van der Waals surface area contributed by atoms with Crippen molar-refractivity contribution in [1.82, 2.24) is 4.90 Å². The summed E-state index contributed by atoms with van der Waals surface area (Å²) in [5, 5.41) is 3.69. The number of nitrogens with one attached hydrogen (secondary N) is 1. The lowest BCUT2D eigenvalue weighted by molar-refractivity contribution is -0.122. The summed E-state index contributed by atoms with van der Waals surface area (Å²) >= 11 is 12.0. The normalized spacial score (nSPS) is 14.6. The highest BCUT2D eigenvalue weighted by atomic mass is 35.5. The fraction of sp³-hybridized carbons (Fsp3) is 0.250. The van der Waals surface area contributed by atoms with E-state index >= 15 is 0 Å². The molecule has 33 heavy (non-hydrogen) atoms. The molecule has 1 aliphatic heterocycles. The van der Waals surface area contributed by atoms with Gasteiger partial charge in [0.2, 0.25) is 0 Å². The summed E-state index contributed by atoms with van der Waals surface area (Å²) < 4.78 is 10.9. The van der Waals surface area contributed by atoms with Crippen molar-refractivity contribution in [3.63, 3.8) is 0 Å². The van der Waals surface area contributed by atoms with Crippen LogP contribution >= 0.6 is 23.2 Å². The molecule has 7 nitrogen and oxygen atoms in total. The molecule has 4 rings (SSSR count). The van der Waals surface area contributed by atoms with Crippen molar-refractivity contribution in [1.29, 1.82) is 0 Å². The van der Waals surface area contributed by atoms with Gasteiger partial charge in [-0.15, -0.1) is 0 Å². The summed E-state index contributed by atoms with van der Waals surface area (Å²) in [5.74, 6) is 0.372. The van der Waals surface area contributed by atoms with Crippen molar-refractivity contribution in [3.05, 3.63) is 76.7 Å². The fourth-order valence-electron chi connectivity index (χ4n) is 3.54. The van der Waals surface area contributed by atoms with E-state index in [9.17, 15) is 9.59 Å². The molecule has 0 spiro atoms. The summed E-state index contributed by atoms with van der Waals surface area (Å²) in [6.45, 7) is 4.30. The molecule has 1 aromatic heterocycles. The molecule has 1 atom stereocenters. The van der Waals surface area contributed by atoms with Crippen molar-refractivity contribution in [3.8, 4) is 5.75 Å². The number of halogens is 2. The molecule has 0 unspecified atom stereocenters. The molecule has 3 aromatic rings. The average molecular weight is 488 g/mol. The molecule has 1 saturated heterocycles. The van der Waals surface area contributed by atoms with Crippen LogP contribution in [0.1, 0.15) is 17.5 Å². The van der Waals surface area contributed by atoms with E-state index in [0.29, 0.717) is 53.4 Å². The highest BCUT2D eigenvalue weighted by Crippen LogP contribution is 2.28. The quantitative estimate of drug-likeness (QED) is 0.531. The molecule has 2 heterocycles. The van der Waals surface area contributed by atoms with Crippen molar-refractivity contribution in [2.24, 2.45) is 0 Å². The number of hydrogen-bond acceptors (Lipinski definition) is 5. The van der Waals surface area contributed by atoms with E-state index in [1.807, 2.05) is 24.3 Å². The molecular weight excluding hydrogens is 465 g/mol. The minimum atomic E-state index is -0.747. The first-order chi connectivity index (χ1) is 15.9. The first-order valence-electron chi connectivity index (χ1n) is 10.5. The number of anilines is 2. The third-order valence-electron chi connectivity index (χ3n) is 5.37. The van der Waals surface area contributed by atoms with Gasteiger partial charge < -0.3 is 24.3 Å². The molecule has 0 bridgehead atoms. The second-order valence-electron chi connectivity index (χ2n) is 7.63. The van der Waals surface area contributed by atoms with Gasteiger partial charge in [0, 0.05) is 42.6 Å². The van der Waals surface area contributed by atoms with E-state index < -0.39 is 6.10 Å². The van der Waals surface area contributed by atoms with Crippen LogP contribution in [-0.2, 0) is 4.79 Å². The van der Waals surface area contributed by atoms with Gasteiger partial charge in [-0.1, -0.05) is 23.2 Å². The lowest BCUT2D eigenvalue weighted by Crippen LogP contribution is -2.48. The van der Waals surface area contributed by atoms with Crippen molar-refractivity contribution in [2.45, 2.75) is 13.0 Å². The second-order valence-corrected chi connectivity index (χ2v) is 8.47. The molecule has 9 heteroatoms. The van der Waals surface area contributed by atoms with E-state index in [1.165, 1.54) is 6.26 Å². The number of nitrogens with zero attached hydrogens (tertiary/aromatic N) is 2. The van der Waals surface area contributed by atoms with Crippen LogP contribution in [0.3, 0.4) is 0 Å². The molecule has 0 aliphatic carbocycles. The molecule has 2 aromatic carbocycles. The zero-order valence-corrected chi connectivity index (χ0v) is 19.5. The Morgan fingerprint density at radius 2 is 1.76 bits per heavy atom. The number of ether oxygens (including phenoxy) is 1. The van der Waals surface area contributed by atoms with Crippen LogP contribution in [0.2, 0.25) is 10.0 Å². The van der Waals surface area contributed by atoms with Crippen LogP contribution < -0.4 is 15.0 Å². The molecule has 2 amide bonds. The van der Waals surface area contributed by atoms with Gasteiger partial charge in [0.05, 0.1) is 11.3 Å². The number of piperazine rings is 1. The van der Waals surface area contributed by atoms with Crippen LogP contribution in [0, 0.1) is 0 Å². The predicted octanol–water partition coefficient (Wildman–Crippen LogP) is 4.95. The molecule has 1 N–H and O–H groups in total. The molecular formula is C24H23Cl2N3O4. The minimum Gasteiger partial charge on any atom is -0.479 e. The van der Waals surface area contributed by atoms with Gasteiger partial charge in [-0.25, -0.2) is 0 Å². The van der Waals surface area contributed by atoms with E-state index in [1.54, 1.807) is 42.2 Å². The van der Waals surface area contributed by atoms with E-state index in [-0.39, 0.29) is 11.8 Å². The first kappa shape index (κ1) is 23.0. The maximum absolute atomic E-state index is 12.5. The van der Waals surface area contributed by atoms with E-state index in [2.05, 4.69) is 10.2 Å². The highest BCUT2D eigenvalue weighted by Gasteiger charge is 2.24. The van der Waals surface area contributed by atoms with Crippen molar-refractivity contribution >= 4 is 46.4 Å². The number of carbonyl (C=O) groups excluding carboxylic acids is 2. The Morgan fingerprint density at radius 3 is 2.39 bits per heavy atom. The summed E-state index contributed by atoms with van der Waals surface area (Å²) in [6, 6.07) is 15.8. The number of benzene rings is 2. The van der Waals surface area contributed by atoms with Gasteiger partial charge in [0.1, 0.15) is 5.75 Å². The van der Waals surface area contributed by atoms with Gasteiger partial charge >= 0.3 is 0 Å². The lowest BCUT2D eigenvalue weighted by Gasteiger charge is -2.35. The highest BCUT2D eigenvalue weighted by molar-refractivity contribution is 6.35. The molecule has 1 aliphatic rings. The van der Waals surface area contributed by atoms with E-state index in [4.69, 9.17) is 32.4 Å². The van der Waals surface area contributed by atoms with Crippen molar-refractivity contribution < 1.29 is 18.7 Å². The second kappa shape index (κ2) is 10.2. The van der Waals surface area contributed by atoms with E-state index in [0.717, 1.165) is 5.69 Å². The molecule has 0 radical (unpaired) electrons. The summed E-state index contributed by atoms with van der Waals surface area (Å²) in [7, 11) is 0. The van der Waals surface area contributed by atoms with Crippen LogP contribution in [-0.4, -0.2) is 49.0 Å². The lowest BCUT2D eigenvalue weighted by atomic mass is 10.2. The van der Waals surface area contributed by atoms with Crippen molar-refractivity contribution in [2.75, 3.05) is 36.4 Å². The first-order valence-corrected chi connectivity index (χ1v) is 11.3. The molecule has 0 saturated carbocycles. The Hall–Kier alpha value is -3.16. The SMILES string of the molecule is C[C@H](Oc1ccc(Cl)cc1Cl)C(=O)Nc1ccc(N2CCN(C(=O)c3ccco3)CC2)cc1. The molecule has 172 valence electrons. The largest absolute Gasteiger partial charge is 0.479 e. The van der Waals surface area contributed by atoms with Crippen LogP contribution in [0.25, 0.3) is 0 Å². The monoisotopic (exact) mass is 487 g/mol. The number of furan rings is 1. The van der Waals surface area contributed by atoms with Gasteiger partial charge in [-0.3, -0.25) is 9.59 Å². The predicted molar refractivity (Wildman–Crippen MR) is 128 cm³/mol. The fourth-order valence-corrected chi connectivity index (χ4v) is 3.99. The Kier molecular flexibility index (Phi) is 7.11. The zero-order valence-electron chi connectivity index (χ0n) is 18.0. The number of carbonyl (C=O) groups is 2. The minimum absolute atomic E-state index is 0.0889. The van der Waals surface area contributed by atoms with Gasteiger partial charge in [0.15, 0.2) is 11.9 Å². The molecule has 1 fully saturated rings. The third-order valence-corrected chi connectivity index (χ3v) is 5.90. The van der Waals surface area contributed by atoms with Gasteiger partial charge in [-0.05, 0) is 61.5 Å². The average Bonchev–Trinajstić information content (AvgIpc) is 3.36. The standard InChI is InChI=1S/C24H23Cl2N3O4/c1-16(33-21-9-4-17(25)15-20(21)26)23(30)27-18-5-7-19(8-6-18)28-10-12-29(13-11-28)24(31)22-3-2-14-32-22/h2-9,14-16H,10-13H2,1H3,(H,27,30)/t16-/m0/s1. The number of rotatable bonds is 6. The Bertz CT molecular complexity index is 1110. The van der Waals surface area contributed by atoms with Crippen LogP contribution in [0.5, 0.6) is 5.75 Å². The van der Waals surface area contributed by atoms with Gasteiger partial charge in [-0.2, -0.15) is 0 Å². The maximum atomic E-state index is 12.5. The summed E-state index contributed by atoms with van der Waals surface area (Å²) in [5.41, 5.74) is 1.68. The smallest absolute Gasteiger partial charge is 0.289 e. The maximum Gasteiger partial charge on any atom is 0.289 e. The van der Waals surface area contributed by atoms with Gasteiger partial charge in [0.25, 0.3) is 11.8 Å². The summed E-state index contributed by atoms with van der Waals surface area (Å²) in [6.07, 6.45) is 0.756. The number of hydrogen-bond donors (Lipinski definition) is 1.